The number of benzene rings is 1. The van der Waals surface area contributed by atoms with Gasteiger partial charge in [-0.05, 0) is 38.5 Å². The van der Waals surface area contributed by atoms with E-state index in [1.165, 1.54) is 11.3 Å². The Kier molecular flexibility index (Phi) is 8.35. The van der Waals surface area contributed by atoms with Crippen LogP contribution in [0.2, 0.25) is 0 Å². The Morgan fingerprint density at radius 1 is 1.14 bits per heavy atom. The van der Waals surface area contributed by atoms with Crippen LogP contribution in [0.3, 0.4) is 0 Å². The fraction of sp³-hybridized carbons (Fsp3) is 0.438. The minimum Gasteiger partial charge on any atom is -0.378 e. The number of nitrogens with one attached hydrogen (secondary N) is 1. The molecule has 1 aromatic heterocycles. The first-order chi connectivity index (χ1) is 9.47. The maximum Gasteiger partial charge on any atom is 0.0825 e. The summed E-state index contributed by atoms with van der Waals surface area (Å²) in [7, 11) is 4.11. The molecule has 6 heteroatoms. The molecule has 0 bridgehead atoms. The normalized spacial score (nSPS) is 9.91. The molecule has 0 saturated heterocycles. The number of anilines is 2. The molecule has 0 saturated carbocycles. The van der Waals surface area contributed by atoms with E-state index in [9.17, 15) is 0 Å². The molecule has 1 heterocycles. The largest absolute Gasteiger partial charge is 0.378 e. The molecular weight excluding hydrogens is 319 g/mol. The highest BCUT2D eigenvalue weighted by Gasteiger charge is 2.06. The van der Waals surface area contributed by atoms with Gasteiger partial charge in [0.2, 0.25) is 0 Å². The van der Waals surface area contributed by atoms with Crippen LogP contribution in [0.15, 0.2) is 30.5 Å². The second-order valence-corrected chi connectivity index (χ2v) is 5.62. The topological polar surface area (TPSA) is 33.1 Å². The first-order valence-electron chi connectivity index (χ1n) is 7.03. The molecule has 22 heavy (non-hydrogen) atoms. The van der Waals surface area contributed by atoms with Gasteiger partial charge >= 0.3 is 0 Å². The van der Waals surface area contributed by atoms with Gasteiger partial charge in [-0.2, -0.15) is 5.10 Å². The maximum absolute atomic E-state index is 4.51. The summed E-state index contributed by atoms with van der Waals surface area (Å²) in [6.07, 6.45) is 2.08. The average Bonchev–Trinajstić information content (AvgIpc) is 2.78. The Morgan fingerprint density at radius 2 is 1.73 bits per heavy atom. The van der Waals surface area contributed by atoms with Gasteiger partial charge in [-0.3, -0.25) is 4.68 Å². The molecule has 2 rings (SSSR count). The number of hydrogen-bond acceptors (Lipinski definition) is 3. The van der Waals surface area contributed by atoms with Crippen LogP contribution in [-0.2, 0) is 6.54 Å². The lowest BCUT2D eigenvalue weighted by atomic mass is 10.2. The van der Waals surface area contributed by atoms with E-state index in [4.69, 9.17) is 0 Å². The summed E-state index contributed by atoms with van der Waals surface area (Å²) in [5, 5.41) is 7.96. The van der Waals surface area contributed by atoms with Crippen LogP contribution in [-0.4, -0.2) is 23.9 Å². The minimum atomic E-state index is 0. The van der Waals surface area contributed by atoms with Crippen molar-refractivity contribution >= 4 is 36.2 Å². The van der Waals surface area contributed by atoms with Crippen molar-refractivity contribution in [3.63, 3.8) is 0 Å². The summed E-state index contributed by atoms with van der Waals surface area (Å²) in [5.74, 6) is 0. The van der Waals surface area contributed by atoms with E-state index in [2.05, 4.69) is 73.7 Å². The number of aromatic nitrogens is 2. The van der Waals surface area contributed by atoms with Crippen LogP contribution in [0.4, 0.5) is 11.4 Å². The molecule has 124 valence electrons. The van der Waals surface area contributed by atoms with Crippen molar-refractivity contribution in [2.75, 3.05) is 24.3 Å². The average molecular weight is 345 g/mol. The summed E-state index contributed by atoms with van der Waals surface area (Å²) >= 11 is 0. The van der Waals surface area contributed by atoms with Crippen molar-refractivity contribution in [1.82, 2.24) is 9.78 Å². The monoisotopic (exact) mass is 344 g/mol. The molecule has 0 aliphatic rings. The van der Waals surface area contributed by atoms with Crippen molar-refractivity contribution in [3.8, 4) is 0 Å². The summed E-state index contributed by atoms with van der Waals surface area (Å²) in [4.78, 5) is 2.11. The number of aryl methyl sites for hydroxylation is 1. The summed E-state index contributed by atoms with van der Waals surface area (Å²) in [6, 6.07) is 8.99. The van der Waals surface area contributed by atoms with Gasteiger partial charge in [0, 0.05) is 38.6 Å². The number of rotatable bonds is 5. The Morgan fingerprint density at radius 3 is 2.18 bits per heavy atom. The Labute approximate surface area is 145 Å². The lowest BCUT2D eigenvalue weighted by Gasteiger charge is -2.13. The summed E-state index contributed by atoms with van der Waals surface area (Å²) in [5.41, 5.74) is 4.64. The standard InChI is InChI=1S/C16H24N4.2ClH/c1-12(2)20-11-16(13(3)18-20)17-10-14-6-8-15(9-7-14)19(4)5;;/h6-9,11-12,17H,10H2,1-5H3;2*1H. The highest BCUT2D eigenvalue weighted by Crippen LogP contribution is 2.18. The highest BCUT2D eigenvalue weighted by molar-refractivity contribution is 5.85. The van der Waals surface area contributed by atoms with E-state index in [-0.39, 0.29) is 24.8 Å². The van der Waals surface area contributed by atoms with E-state index in [1.807, 2.05) is 11.6 Å². The number of nitrogens with zero attached hydrogens (tertiary/aromatic N) is 3. The molecule has 0 radical (unpaired) electrons. The van der Waals surface area contributed by atoms with Crippen molar-refractivity contribution in [2.45, 2.75) is 33.4 Å². The lowest BCUT2D eigenvalue weighted by Crippen LogP contribution is -2.08. The Hall–Kier alpha value is -1.39. The van der Waals surface area contributed by atoms with Crippen LogP contribution in [0.1, 0.15) is 31.1 Å². The third-order valence-corrected chi connectivity index (χ3v) is 3.38. The zero-order valence-corrected chi connectivity index (χ0v) is 15.5. The van der Waals surface area contributed by atoms with Crippen LogP contribution in [0.5, 0.6) is 0 Å². The zero-order chi connectivity index (χ0) is 14.7. The van der Waals surface area contributed by atoms with Crippen LogP contribution in [0, 0.1) is 6.92 Å². The van der Waals surface area contributed by atoms with Crippen LogP contribution >= 0.6 is 24.8 Å². The number of hydrogen-bond donors (Lipinski definition) is 1. The van der Waals surface area contributed by atoms with E-state index >= 15 is 0 Å². The summed E-state index contributed by atoms with van der Waals surface area (Å²) < 4.78 is 1.99. The third kappa shape index (κ3) is 5.11. The fourth-order valence-electron chi connectivity index (χ4n) is 2.03. The van der Waals surface area contributed by atoms with Crippen molar-refractivity contribution < 1.29 is 0 Å². The van der Waals surface area contributed by atoms with Gasteiger partial charge in [0.25, 0.3) is 0 Å². The van der Waals surface area contributed by atoms with Gasteiger partial charge in [0.1, 0.15) is 0 Å². The molecule has 0 spiro atoms. The lowest BCUT2D eigenvalue weighted by molar-refractivity contribution is 0.529. The highest BCUT2D eigenvalue weighted by atomic mass is 35.5. The van der Waals surface area contributed by atoms with E-state index in [0.29, 0.717) is 6.04 Å². The minimum absolute atomic E-state index is 0. The van der Waals surface area contributed by atoms with E-state index in [1.54, 1.807) is 0 Å². The predicted octanol–water partition coefficient (Wildman–Crippen LogP) is 4.29. The SMILES string of the molecule is Cc1nn(C(C)C)cc1NCc1ccc(N(C)C)cc1.Cl.Cl. The van der Waals surface area contributed by atoms with Crippen LogP contribution in [0.25, 0.3) is 0 Å². The predicted molar refractivity (Wildman–Crippen MR) is 99.9 cm³/mol. The van der Waals surface area contributed by atoms with E-state index < -0.39 is 0 Å². The van der Waals surface area contributed by atoms with Crippen molar-refractivity contribution in [3.05, 3.63) is 41.7 Å². The molecular formula is C16H26Cl2N4. The first kappa shape index (κ1) is 20.6. The van der Waals surface area contributed by atoms with Crippen LogP contribution < -0.4 is 10.2 Å². The quantitative estimate of drug-likeness (QED) is 0.877. The van der Waals surface area contributed by atoms with E-state index in [0.717, 1.165) is 17.9 Å². The maximum atomic E-state index is 4.51. The van der Waals surface area contributed by atoms with Gasteiger partial charge in [0.05, 0.1) is 11.4 Å². The van der Waals surface area contributed by atoms with Crippen molar-refractivity contribution in [2.24, 2.45) is 0 Å². The molecule has 2 aromatic rings. The number of halogens is 2. The van der Waals surface area contributed by atoms with Gasteiger partial charge in [-0.15, -0.1) is 24.8 Å². The molecule has 0 aliphatic heterocycles. The van der Waals surface area contributed by atoms with Gasteiger partial charge in [-0.1, -0.05) is 12.1 Å². The molecule has 1 N–H and O–H groups in total. The smallest absolute Gasteiger partial charge is 0.0825 e. The summed E-state index contributed by atoms with van der Waals surface area (Å²) in [6.45, 7) is 7.13. The zero-order valence-electron chi connectivity index (χ0n) is 13.8. The molecule has 0 fully saturated rings. The van der Waals surface area contributed by atoms with Gasteiger partial charge in [0.15, 0.2) is 0 Å². The van der Waals surface area contributed by atoms with Crippen molar-refractivity contribution in [1.29, 1.82) is 0 Å². The fourth-order valence-corrected chi connectivity index (χ4v) is 2.03. The second kappa shape index (κ2) is 8.91. The third-order valence-electron chi connectivity index (χ3n) is 3.38. The molecule has 0 atom stereocenters. The molecule has 1 aromatic carbocycles. The molecule has 0 aliphatic carbocycles. The Bertz CT molecular complexity index is 562. The van der Waals surface area contributed by atoms with Gasteiger partial charge < -0.3 is 10.2 Å². The van der Waals surface area contributed by atoms with Gasteiger partial charge in [-0.25, -0.2) is 0 Å². The molecule has 0 amide bonds. The molecule has 0 unspecified atom stereocenters. The second-order valence-electron chi connectivity index (χ2n) is 5.62. The first-order valence-corrected chi connectivity index (χ1v) is 7.03. The Balaban J connectivity index is 0.00000220. The molecule has 4 nitrogen and oxygen atoms in total.